The molecule has 120 valence electrons. The lowest BCUT2D eigenvalue weighted by atomic mass is 9.75. The van der Waals surface area contributed by atoms with E-state index < -0.39 is 0 Å². The molecule has 3 nitrogen and oxygen atoms in total. The third kappa shape index (κ3) is 3.92. The van der Waals surface area contributed by atoms with Crippen molar-refractivity contribution >= 4 is 12.6 Å². The molecule has 0 amide bonds. The van der Waals surface area contributed by atoms with Crippen molar-refractivity contribution in [2.24, 2.45) is 11.8 Å². The van der Waals surface area contributed by atoms with Gasteiger partial charge in [-0.15, -0.1) is 0 Å². The normalized spacial score (nSPS) is 27.1. The zero-order valence-corrected chi connectivity index (χ0v) is 13.8. The fraction of sp³-hybridized carbons (Fsp3) is 0.667. The maximum absolute atomic E-state index is 5.83. The Labute approximate surface area is 134 Å². The zero-order valence-electron chi connectivity index (χ0n) is 13.8. The molecule has 0 radical (unpaired) electrons. The van der Waals surface area contributed by atoms with E-state index in [2.05, 4.69) is 31.2 Å². The van der Waals surface area contributed by atoms with E-state index in [1.54, 1.807) is 7.11 Å². The SMILES string of the molecule is COCC1COB(c2ccc(C3CCC(C)CC3)cc2)OC1. The topological polar surface area (TPSA) is 27.7 Å². The largest absolute Gasteiger partial charge is 0.493 e. The van der Waals surface area contributed by atoms with Gasteiger partial charge in [0.2, 0.25) is 0 Å². The summed E-state index contributed by atoms with van der Waals surface area (Å²) in [5.74, 6) is 1.99. The summed E-state index contributed by atoms with van der Waals surface area (Å²) in [6.45, 7) is 4.49. The van der Waals surface area contributed by atoms with Crippen LogP contribution in [-0.2, 0) is 14.0 Å². The van der Waals surface area contributed by atoms with Crippen LogP contribution in [0, 0.1) is 11.8 Å². The zero-order chi connectivity index (χ0) is 15.4. The van der Waals surface area contributed by atoms with E-state index in [4.69, 9.17) is 14.0 Å². The summed E-state index contributed by atoms with van der Waals surface area (Å²) in [7, 11) is 1.50. The van der Waals surface area contributed by atoms with E-state index in [1.165, 1.54) is 31.2 Å². The van der Waals surface area contributed by atoms with E-state index in [1.807, 2.05) is 0 Å². The number of hydrogen-bond donors (Lipinski definition) is 0. The number of benzene rings is 1. The molecule has 2 aliphatic rings. The Morgan fingerprint density at radius 2 is 1.68 bits per heavy atom. The first kappa shape index (κ1) is 16.0. The molecule has 1 aromatic rings. The second kappa shape index (κ2) is 7.63. The van der Waals surface area contributed by atoms with Crippen LogP contribution in [0.1, 0.15) is 44.1 Å². The Balaban J connectivity index is 1.56. The molecule has 0 bridgehead atoms. The predicted octanol–water partition coefficient (Wildman–Crippen LogP) is 2.98. The third-order valence-corrected chi connectivity index (χ3v) is 5.06. The number of hydrogen-bond acceptors (Lipinski definition) is 3. The van der Waals surface area contributed by atoms with E-state index in [0.717, 1.165) is 17.3 Å². The van der Waals surface area contributed by atoms with Gasteiger partial charge in [0.15, 0.2) is 0 Å². The van der Waals surface area contributed by atoms with Gasteiger partial charge in [-0.2, -0.15) is 0 Å². The molecule has 22 heavy (non-hydrogen) atoms. The lowest BCUT2D eigenvalue weighted by molar-refractivity contribution is 0.0364. The van der Waals surface area contributed by atoms with Crippen molar-refractivity contribution in [3.8, 4) is 0 Å². The van der Waals surface area contributed by atoms with Crippen LogP contribution in [-0.4, -0.2) is 34.0 Å². The van der Waals surface area contributed by atoms with Gasteiger partial charge in [0.05, 0.1) is 6.61 Å². The highest BCUT2D eigenvalue weighted by molar-refractivity contribution is 6.61. The molecule has 1 aliphatic heterocycles. The van der Waals surface area contributed by atoms with Gasteiger partial charge in [-0.05, 0) is 35.7 Å². The highest BCUT2D eigenvalue weighted by atomic mass is 16.6. The molecular weight excluding hydrogens is 275 g/mol. The highest BCUT2D eigenvalue weighted by Gasteiger charge is 2.29. The van der Waals surface area contributed by atoms with Crippen LogP contribution in [0.15, 0.2) is 24.3 Å². The summed E-state index contributed by atoms with van der Waals surface area (Å²) in [6, 6.07) is 8.89. The van der Waals surface area contributed by atoms with Crippen LogP contribution in [0.5, 0.6) is 0 Å². The minimum Gasteiger partial charge on any atom is -0.407 e. The molecule has 1 aromatic carbocycles. The first-order chi connectivity index (χ1) is 10.8. The molecule has 0 unspecified atom stereocenters. The molecule has 0 atom stereocenters. The molecule has 1 heterocycles. The molecule has 1 saturated carbocycles. The molecule has 3 rings (SSSR count). The van der Waals surface area contributed by atoms with Gasteiger partial charge in [-0.25, -0.2) is 0 Å². The molecule has 1 saturated heterocycles. The van der Waals surface area contributed by atoms with Crippen molar-refractivity contribution in [1.82, 2.24) is 0 Å². The van der Waals surface area contributed by atoms with Crippen LogP contribution < -0.4 is 5.46 Å². The molecular formula is C18H27BO3. The molecule has 1 aliphatic carbocycles. The quantitative estimate of drug-likeness (QED) is 0.800. The van der Waals surface area contributed by atoms with Gasteiger partial charge >= 0.3 is 7.12 Å². The second-order valence-electron chi connectivity index (χ2n) is 6.94. The summed E-state index contributed by atoms with van der Waals surface area (Å²) in [4.78, 5) is 0. The Morgan fingerprint density at radius 3 is 2.27 bits per heavy atom. The number of ether oxygens (including phenoxy) is 1. The monoisotopic (exact) mass is 302 g/mol. The summed E-state index contributed by atoms with van der Waals surface area (Å²) >= 11 is 0. The average Bonchev–Trinajstić information content (AvgIpc) is 2.57. The second-order valence-corrected chi connectivity index (χ2v) is 6.94. The Hall–Kier alpha value is -0.835. The summed E-state index contributed by atoms with van der Waals surface area (Å²) in [6.07, 6.45) is 5.38. The molecule has 4 heteroatoms. The van der Waals surface area contributed by atoms with Crippen molar-refractivity contribution in [2.75, 3.05) is 26.9 Å². The van der Waals surface area contributed by atoms with Crippen molar-refractivity contribution in [3.05, 3.63) is 29.8 Å². The standard InChI is InChI=1S/C18H27BO3/c1-14-3-5-16(6-4-14)17-7-9-18(10-8-17)19-21-12-15(11-20-2)13-22-19/h7-10,14-16H,3-6,11-13H2,1-2H3. The van der Waals surface area contributed by atoms with Crippen LogP contribution in [0.25, 0.3) is 0 Å². The van der Waals surface area contributed by atoms with Crippen LogP contribution in [0.2, 0.25) is 0 Å². The smallest absolute Gasteiger partial charge is 0.407 e. The van der Waals surface area contributed by atoms with Crippen LogP contribution in [0.4, 0.5) is 0 Å². The van der Waals surface area contributed by atoms with E-state index in [9.17, 15) is 0 Å². The maximum atomic E-state index is 5.83. The van der Waals surface area contributed by atoms with E-state index in [-0.39, 0.29) is 7.12 Å². The van der Waals surface area contributed by atoms with Gasteiger partial charge in [-0.3, -0.25) is 0 Å². The lowest BCUT2D eigenvalue weighted by Gasteiger charge is -2.28. The Bertz CT molecular complexity index is 446. The number of methoxy groups -OCH3 is 1. The van der Waals surface area contributed by atoms with Gasteiger partial charge in [0.25, 0.3) is 0 Å². The Kier molecular flexibility index (Phi) is 5.56. The minimum absolute atomic E-state index is 0.214. The van der Waals surface area contributed by atoms with Gasteiger partial charge < -0.3 is 14.0 Å². The first-order valence-corrected chi connectivity index (χ1v) is 8.58. The van der Waals surface area contributed by atoms with Gasteiger partial charge in [0, 0.05) is 26.2 Å². The fourth-order valence-corrected chi connectivity index (χ4v) is 3.59. The van der Waals surface area contributed by atoms with E-state index in [0.29, 0.717) is 25.7 Å². The molecule has 0 N–H and O–H groups in total. The van der Waals surface area contributed by atoms with Crippen LogP contribution in [0.3, 0.4) is 0 Å². The molecule has 0 spiro atoms. The van der Waals surface area contributed by atoms with Crippen molar-refractivity contribution in [3.63, 3.8) is 0 Å². The molecule has 2 fully saturated rings. The van der Waals surface area contributed by atoms with E-state index >= 15 is 0 Å². The van der Waals surface area contributed by atoms with Crippen molar-refractivity contribution in [2.45, 2.75) is 38.5 Å². The summed E-state index contributed by atoms with van der Waals surface area (Å²) in [5, 5.41) is 0. The predicted molar refractivity (Wildman–Crippen MR) is 89.5 cm³/mol. The highest BCUT2D eigenvalue weighted by Crippen LogP contribution is 2.35. The van der Waals surface area contributed by atoms with Crippen LogP contribution >= 0.6 is 0 Å². The Morgan fingerprint density at radius 1 is 1.05 bits per heavy atom. The fourth-order valence-electron chi connectivity index (χ4n) is 3.59. The summed E-state index contributed by atoms with van der Waals surface area (Å²) in [5.41, 5.74) is 2.60. The summed E-state index contributed by atoms with van der Waals surface area (Å²) < 4.78 is 16.8. The van der Waals surface area contributed by atoms with Gasteiger partial charge in [-0.1, -0.05) is 44.0 Å². The van der Waals surface area contributed by atoms with Crippen molar-refractivity contribution in [1.29, 1.82) is 0 Å². The third-order valence-electron chi connectivity index (χ3n) is 5.06. The number of rotatable bonds is 4. The molecule has 0 aromatic heterocycles. The van der Waals surface area contributed by atoms with Gasteiger partial charge in [0.1, 0.15) is 0 Å². The maximum Gasteiger partial charge on any atom is 0.493 e. The van der Waals surface area contributed by atoms with Crippen molar-refractivity contribution < 1.29 is 14.0 Å². The minimum atomic E-state index is -0.214. The lowest BCUT2D eigenvalue weighted by Crippen LogP contribution is -2.45. The average molecular weight is 302 g/mol. The first-order valence-electron chi connectivity index (χ1n) is 8.58.